The lowest BCUT2D eigenvalue weighted by atomic mass is 10.0. The van der Waals surface area contributed by atoms with Crippen LogP contribution in [0.25, 0.3) is 11.0 Å². The first-order chi connectivity index (χ1) is 14.5. The molecule has 0 radical (unpaired) electrons. The molecule has 152 valence electrons. The van der Waals surface area contributed by atoms with E-state index < -0.39 is 6.04 Å². The van der Waals surface area contributed by atoms with Crippen LogP contribution in [-0.4, -0.2) is 30.9 Å². The van der Waals surface area contributed by atoms with Gasteiger partial charge in [-0.1, -0.05) is 29.5 Å². The number of nitrogens with one attached hydrogen (secondary N) is 2. The molecule has 30 heavy (non-hydrogen) atoms. The predicted octanol–water partition coefficient (Wildman–Crippen LogP) is 2.06. The number of rotatable bonds is 6. The molecule has 1 amide bonds. The van der Waals surface area contributed by atoms with Crippen molar-refractivity contribution in [3.8, 4) is 0 Å². The van der Waals surface area contributed by atoms with Gasteiger partial charge in [-0.15, -0.1) is 5.10 Å². The van der Waals surface area contributed by atoms with E-state index in [1.807, 2.05) is 24.3 Å². The van der Waals surface area contributed by atoms with Crippen LogP contribution in [0.2, 0.25) is 0 Å². The number of para-hydroxylation sites is 1. The summed E-state index contributed by atoms with van der Waals surface area (Å²) in [6, 6.07) is 14.1. The fraction of sp³-hybridized carbons (Fsp3) is 0.190. The molecule has 1 atom stereocenters. The van der Waals surface area contributed by atoms with Gasteiger partial charge in [-0.05, 0) is 36.8 Å². The number of amides is 1. The van der Waals surface area contributed by atoms with Crippen molar-refractivity contribution < 1.29 is 9.18 Å². The summed E-state index contributed by atoms with van der Waals surface area (Å²) in [6.07, 6.45) is 0.278. The molecule has 8 nitrogen and oxygen atoms in total. The second-order valence-corrected chi connectivity index (χ2v) is 6.93. The Morgan fingerprint density at radius 3 is 2.73 bits per heavy atom. The van der Waals surface area contributed by atoms with Crippen molar-refractivity contribution in [1.29, 1.82) is 0 Å². The highest BCUT2D eigenvalue weighted by molar-refractivity contribution is 5.80. The molecule has 0 aliphatic rings. The van der Waals surface area contributed by atoms with Gasteiger partial charge in [0.05, 0.1) is 17.3 Å². The molecule has 4 aromatic rings. The fourth-order valence-corrected chi connectivity index (χ4v) is 3.31. The Hall–Kier alpha value is -3.88. The summed E-state index contributed by atoms with van der Waals surface area (Å²) in [5, 5.41) is 11.0. The highest BCUT2D eigenvalue weighted by Crippen LogP contribution is 2.18. The molecule has 0 fully saturated rings. The van der Waals surface area contributed by atoms with Crippen molar-refractivity contribution in [2.75, 3.05) is 0 Å². The summed E-state index contributed by atoms with van der Waals surface area (Å²) in [5.41, 5.74) is 2.40. The second-order valence-electron chi connectivity index (χ2n) is 6.93. The molecule has 9 heteroatoms. The van der Waals surface area contributed by atoms with E-state index >= 15 is 0 Å². The monoisotopic (exact) mass is 406 g/mol. The van der Waals surface area contributed by atoms with Gasteiger partial charge in [-0.2, -0.15) is 0 Å². The fourth-order valence-electron chi connectivity index (χ4n) is 3.31. The number of fused-ring (bicyclic) bond motifs is 1. The topological polar surface area (TPSA) is 106 Å². The maximum Gasteiger partial charge on any atom is 0.251 e. The number of carbonyl (C=O) groups excluding carboxylic acids is 1. The number of nitrogens with zero attached hydrogens (tertiary/aromatic N) is 4. The lowest BCUT2D eigenvalue weighted by Crippen LogP contribution is -2.33. The zero-order chi connectivity index (χ0) is 21.1. The number of aryl methyl sites for hydroxylation is 1. The molecule has 2 aromatic carbocycles. The first-order valence-corrected chi connectivity index (χ1v) is 9.38. The number of halogens is 1. The number of benzene rings is 2. The number of aromatic amines is 1. The van der Waals surface area contributed by atoms with Gasteiger partial charge in [0.15, 0.2) is 0 Å². The minimum absolute atomic E-state index is 0.0277. The molecule has 1 unspecified atom stereocenters. The highest BCUT2D eigenvalue weighted by atomic mass is 19.1. The van der Waals surface area contributed by atoms with Gasteiger partial charge in [0.25, 0.3) is 5.56 Å². The van der Waals surface area contributed by atoms with Gasteiger partial charge in [0, 0.05) is 12.5 Å². The van der Waals surface area contributed by atoms with E-state index in [9.17, 15) is 14.0 Å². The van der Waals surface area contributed by atoms with Crippen LogP contribution >= 0.6 is 0 Å². The van der Waals surface area contributed by atoms with Gasteiger partial charge >= 0.3 is 0 Å². The van der Waals surface area contributed by atoms with Crippen molar-refractivity contribution in [2.45, 2.75) is 25.9 Å². The Morgan fingerprint density at radius 2 is 1.97 bits per heavy atom. The van der Waals surface area contributed by atoms with E-state index in [0.29, 0.717) is 22.6 Å². The second kappa shape index (κ2) is 8.24. The number of carbonyl (C=O) groups is 1. The quantitative estimate of drug-likeness (QED) is 0.510. The van der Waals surface area contributed by atoms with Crippen LogP contribution in [0.5, 0.6) is 0 Å². The third kappa shape index (κ3) is 4.40. The van der Waals surface area contributed by atoms with Crippen LogP contribution < -0.4 is 10.9 Å². The standard InChI is InChI=1S/C21H19FN6O2/c1-13-23-16(11-20(29)24-13)10-18(14-6-8-15(22)9-7-14)25-21(30)12-28-19-5-3-2-4-17(19)26-27-28/h2-9,11,18H,10,12H2,1H3,(H,25,30)(H,23,24,29). The third-order valence-electron chi connectivity index (χ3n) is 4.65. The van der Waals surface area contributed by atoms with Crippen molar-refractivity contribution in [3.05, 3.63) is 87.9 Å². The third-order valence-corrected chi connectivity index (χ3v) is 4.65. The number of aromatic nitrogens is 5. The van der Waals surface area contributed by atoms with Crippen molar-refractivity contribution in [3.63, 3.8) is 0 Å². The molecule has 0 aliphatic carbocycles. The van der Waals surface area contributed by atoms with E-state index in [0.717, 1.165) is 5.52 Å². The zero-order valence-electron chi connectivity index (χ0n) is 16.2. The minimum atomic E-state index is -0.499. The van der Waals surface area contributed by atoms with Crippen LogP contribution in [0.1, 0.15) is 23.1 Å². The normalized spacial score (nSPS) is 12.1. The Morgan fingerprint density at radius 1 is 1.20 bits per heavy atom. The first kappa shape index (κ1) is 19.4. The number of hydrogen-bond donors (Lipinski definition) is 2. The molecule has 0 spiro atoms. The Balaban J connectivity index is 1.57. The maximum absolute atomic E-state index is 13.4. The van der Waals surface area contributed by atoms with Crippen molar-refractivity contribution in [1.82, 2.24) is 30.3 Å². The summed E-state index contributed by atoms with van der Waals surface area (Å²) in [6.45, 7) is 1.66. The molecule has 0 saturated carbocycles. The van der Waals surface area contributed by atoms with E-state index in [-0.39, 0.29) is 30.2 Å². The number of H-pyrrole nitrogens is 1. The van der Waals surface area contributed by atoms with Gasteiger partial charge < -0.3 is 10.3 Å². The molecule has 4 rings (SSSR count). The van der Waals surface area contributed by atoms with Crippen molar-refractivity contribution >= 4 is 16.9 Å². The molecular formula is C21H19FN6O2. The van der Waals surface area contributed by atoms with Crippen LogP contribution in [0, 0.1) is 12.7 Å². The average molecular weight is 406 g/mol. The summed E-state index contributed by atoms with van der Waals surface area (Å²) in [5.74, 6) is -0.180. The number of hydrogen-bond acceptors (Lipinski definition) is 5. The predicted molar refractivity (Wildman–Crippen MR) is 108 cm³/mol. The van der Waals surface area contributed by atoms with E-state index in [1.54, 1.807) is 19.1 Å². The van der Waals surface area contributed by atoms with Crippen LogP contribution in [0.4, 0.5) is 4.39 Å². The summed E-state index contributed by atoms with van der Waals surface area (Å²) in [4.78, 5) is 31.5. The van der Waals surface area contributed by atoms with Crippen LogP contribution in [0.15, 0.2) is 59.4 Å². The van der Waals surface area contributed by atoms with Crippen LogP contribution in [-0.2, 0) is 17.8 Å². The van der Waals surface area contributed by atoms with E-state index in [1.165, 1.54) is 22.9 Å². The van der Waals surface area contributed by atoms with Crippen molar-refractivity contribution in [2.24, 2.45) is 0 Å². The molecule has 2 aromatic heterocycles. The van der Waals surface area contributed by atoms with Gasteiger partial charge in [-0.3, -0.25) is 9.59 Å². The molecule has 2 heterocycles. The molecule has 2 N–H and O–H groups in total. The largest absolute Gasteiger partial charge is 0.347 e. The lowest BCUT2D eigenvalue weighted by Gasteiger charge is -2.19. The summed E-state index contributed by atoms with van der Waals surface area (Å²) < 4.78 is 14.9. The molecule has 0 aliphatic heterocycles. The molecule has 0 bridgehead atoms. The van der Waals surface area contributed by atoms with Gasteiger partial charge in [0.2, 0.25) is 5.91 Å². The van der Waals surface area contributed by atoms with E-state index in [2.05, 4.69) is 25.6 Å². The van der Waals surface area contributed by atoms with Crippen LogP contribution in [0.3, 0.4) is 0 Å². The highest BCUT2D eigenvalue weighted by Gasteiger charge is 2.18. The van der Waals surface area contributed by atoms with Gasteiger partial charge in [-0.25, -0.2) is 14.1 Å². The SMILES string of the molecule is Cc1nc(CC(NC(=O)Cn2nnc3ccccc32)c2ccc(F)cc2)cc(=O)[nH]1. The van der Waals surface area contributed by atoms with E-state index in [4.69, 9.17) is 0 Å². The average Bonchev–Trinajstić information content (AvgIpc) is 3.10. The summed E-state index contributed by atoms with van der Waals surface area (Å²) >= 11 is 0. The first-order valence-electron chi connectivity index (χ1n) is 9.38. The molecular weight excluding hydrogens is 387 g/mol. The Bertz CT molecular complexity index is 1250. The van der Waals surface area contributed by atoms with Gasteiger partial charge in [0.1, 0.15) is 23.7 Å². The Kier molecular flexibility index (Phi) is 5.34. The summed E-state index contributed by atoms with van der Waals surface area (Å²) in [7, 11) is 0. The smallest absolute Gasteiger partial charge is 0.251 e. The minimum Gasteiger partial charge on any atom is -0.347 e. The lowest BCUT2D eigenvalue weighted by molar-refractivity contribution is -0.122. The Labute approximate surface area is 170 Å². The molecule has 0 saturated heterocycles. The maximum atomic E-state index is 13.4. The zero-order valence-corrected chi connectivity index (χ0v) is 16.2.